The van der Waals surface area contributed by atoms with E-state index in [1.807, 2.05) is 35.0 Å². The van der Waals surface area contributed by atoms with Gasteiger partial charge in [-0.05, 0) is 48.4 Å². The Morgan fingerprint density at radius 2 is 1.75 bits per heavy atom. The molecule has 1 aromatic heterocycles. The van der Waals surface area contributed by atoms with Crippen molar-refractivity contribution in [3.8, 4) is 5.75 Å². The topological polar surface area (TPSA) is 52.0 Å². The molecule has 3 heterocycles. The molecule has 0 saturated carbocycles. The zero-order valence-electron chi connectivity index (χ0n) is 17.1. The monoisotopic (exact) mass is 504 g/mol. The second-order valence-corrected chi connectivity index (χ2v) is 9.34. The summed E-state index contributed by atoms with van der Waals surface area (Å²) in [5, 5.41) is 8.72. The van der Waals surface area contributed by atoms with Crippen LogP contribution in [0.15, 0.2) is 83.1 Å². The summed E-state index contributed by atoms with van der Waals surface area (Å²) in [6.45, 7) is 2.09. The Labute approximate surface area is 198 Å². The van der Waals surface area contributed by atoms with E-state index in [-0.39, 0.29) is 12.1 Å². The third-order valence-electron chi connectivity index (χ3n) is 5.94. The van der Waals surface area contributed by atoms with Crippen molar-refractivity contribution in [3.05, 3.63) is 110 Å². The first-order valence-corrected chi connectivity index (χ1v) is 11.4. The number of benzene rings is 3. The summed E-state index contributed by atoms with van der Waals surface area (Å²) in [6, 6.07) is 22.3. The van der Waals surface area contributed by atoms with Crippen LogP contribution in [0.2, 0.25) is 5.02 Å². The molecule has 0 amide bonds. The van der Waals surface area contributed by atoms with Crippen LogP contribution in [-0.4, -0.2) is 14.8 Å². The number of ether oxygens (including phenoxy) is 1. The summed E-state index contributed by atoms with van der Waals surface area (Å²) in [6.07, 6.45) is 1.28. The number of rotatable bonds is 2. The summed E-state index contributed by atoms with van der Waals surface area (Å²) >= 11 is 9.93. The van der Waals surface area contributed by atoms with Crippen molar-refractivity contribution >= 4 is 39.2 Å². The molecule has 3 aromatic carbocycles. The number of hydrogen-bond acceptors (Lipinski definition) is 4. The van der Waals surface area contributed by atoms with Gasteiger partial charge in [0.15, 0.2) is 0 Å². The standard InChI is InChI=1S/C25H18BrClN4O/c1-14-2-4-15(5-3-14)23-21-22(30-25-28-13-29-31(23)25)19-12-18(27)10-11-20(19)32-24(21)16-6-8-17(26)9-7-16/h2-13,23-24H,1H3,(H,28,29,30)/t23-,24+/m1/s1. The van der Waals surface area contributed by atoms with Crippen LogP contribution in [0.1, 0.15) is 34.4 Å². The molecule has 158 valence electrons. The Morgan fingerprint density at radius 3 is 2.53 bits per heavy atom. The fourth-order valence-electron chi connectivity index (χ4n) is 4.42. The minimum atomic E-state index is -0.303. The van der Waals surface area contributed by atoms with Gasteiger partial charge in [-0.3, -0.25) is 0 Å². The van der Waals surface area contributed by atoms with Crippen LogP contribution < -0.4 is 10.1 Å². The first kappa shape index (κ1) is 19.6. The first-order valence-electron chi connectivity index (χ1n) is 10.3. The average Bonchev–Trinajstić information content (AvgIpc) is 3.27. The molecule has 2 aliphatic heterocycles. The van der Waals surface area contributed by atoms with E-state index in [0.29, 0.717) is 11.0 Å². The molecule has 0 bridgehead atoms. The van der Waals surface area contributed by atoms with Gasteiger partial charge in [0.1, 0.15) is 24.2 Å². The van der Waals surface area contributed by atoms with Gasteiger partial charge in [0.25, 0.3) is 0 Å². The number of aryl methyl sites for hydroxylation is 1. The van der Waals surface area contributed by atoms with Crippen molar-refractivity contribution in [3.63, 3.8) is 0 Å². The van der Waals surface area contributed by atoms with Gasteiger partial charge in [0.2, 0.25) is 5.95 Å². The van der Waals surface area contributed by atoms with Gasteiger partial charge in [-0.25, -0.2) is 4.68 Å². The van der Waals surface area contributed by atoms with Gasteiger partial charge in [0, 0.05) is 20.6 Å². The molecule has 0 aliphatic carbocycles. The third-order valence-corrected chi connectivity index (χ3v) is 6.71. The van der Waals surface area contributed by atoms with Crippen molar-refractivity contribution < 1.29 is 4.74 Å². The van der Waals surface area contributed by atoms with Crippen LogP contribution in [-0.2, 0) is 0 Å². The quantitative estimate of drug-likeness (QED) is 0.335. The Balaban J connectivity index is 1.63. The van der Waals surface area contributed by atoms with Gasteiger partial charge in [-0.15, -0.1) is 0 Å². The zero-order valence-corrected chi connectivity index (χ0v) is 19.4. The molecular weight excluding hydrogens is 488 g/mol. The zero-order chi connectivity index (χ0) is 21.8. The highest BCUT2D eigenvalue weighted by molar-refractivity contribution is 9.10. The van der Waals surface area contributed by atoms with Crippen molar-refractivity contribution in [1.82, 2.24) is 14.8 Å². The molecule has 0 unspecified atom stereocenters. The fraction of sp³-hybridized carbons (Fsp3) is 0.120. The minimum absolute atomic E-state index is 0.176. The number of halogens is 2. The minimum Gasteiger partial charge on any atom is -0.480 e. The van der Waals surface area contributed by atoms with Crippen LogP contribution >= 0.6 is 27.5 Å². The van der Waals surface area contributed by atoms with Crippen LogP contribution in [0.25, 0.3) is 5.70 Å². The van der Waals surface area contributed by atoms with Gasteiger partial charge < -0.3 is 10.1 Å². The lowest BCUT2D eigenvalue weighted by Crippen LogP contribution is -2.32. The van der Waals surface area contributed by atoms with Gasteiger partial charge >= 0.3 is 0 Å². The number of nitrogens with zero attached hydrogens (tertiary/aromatic N) is 3. The Kier molecular flexibility index (Phi) is 4.59. The number of aromatic nitrogens is 3. The van der Waals surface area contributed by atoms with E-state index in [1.165, 1.54) is 5.56 Å². The molecule has 5 nitrogen and oxygen atoms in total. The second-order valence-electron chi connectivity index (χ2n) is 7.99. The molecule has 32 heavy (non-hydrogen) atoms. The molecule has 1 N–H and O–H groups in total. The predicted molar refractivity (Wildman–Crippen MR) is 129 cm³/mol. The first-order chi connectivity index (χ1) is 15.6. The molecule has 0 fully saturated rings. The number of hydrogen-bond donors (Lipinski definition) is 1. The smallest absolute Gasteiger partial charge is 0.226 e. The summed E-state index contributed by atoms with van der Waals surface area (Å²) < 4.78 is 9.56. The Bertz CT molecular complexity index is 1360. The second kappa shape index (κ2) is 7.50. The molecule has 0 radical (unpaired) electrons. The van der Waals surface area contributed by atoms with Crippen LogP contribution in [0, 0.1) is 6.92 Å². The maximum Gasteiger partial charge on any atom is 0.226 e. The molecule has 7 heteroatoms. The molecule has 2 aliphatic rings. The molecule has 0 spiro atoms. The highest BCUT2D eigenvalue weighted by atomic mass is 79.9. The molecule has 2 atom stereocenters. The predicted octanol–water partition coefficient (Wildman–Crippen LogP) is 6.56. The number of anilines is 1. The van der Waals surface area contributed by atoms with E-state index in [9.17, 15) is 0 Å². The Morgan fingerprint density at radius 1 is 1.00 bits per heavy atom. The average molecular weight is 506 g/mol. The highest BCUT2D eigenvalue weighted by Crippen LogP contribution is 2.51. The third kappa shape index (κ3) is 3.14. The van der Waals surface area contributed by atoms with E-state index >= 15 is 0 Å². The summed E-state index contributed by atoms with van der Waals surface area (Å²) in [5.74, 6) is 1.47. The van der Waals surface area contributed by atoms with Crippen LogP contribution in [0.5, 0.6) is 5.75 Å². The SMILES string of the molecule is Cc1ccc([C@@H]2C3=C(Nc4ncnn42)c2cc(Cl)ccc2O[C@H]3c2ccc(Br)cc2)cc1. The largest absolute Gasteiger partial charge is 0.480 e. The summed E-state index contributed by atoms with van der Waals surface area (Å²) in [7, 11) is 0. The number of nitrogens with one attached hydrogen (secondary N) is 1. The van der Waals surface area contributed by atoms with Crippen molar-refractivity contribution in [1.29, 1.82) is 0 Å². The normalized spacial score (nSPS) is 18.8. The van der Waals surface area contributed by atoms with Crippen LogP contribution in [0.3, 0.4) is 0 Å². The van der Waals surface area contributed by atoms with E-state index in [0.717, 1.165) is 38.2 Å². The van der Waals surface area contributed by atoms with Gasteiger partial charge in [0.05, 0.1) is 5.70 Å². The van der Waals surface area contributed by atoms with Crippen LogP contribution in [0.4, 0.5) is 5.95 Å². The lowest BCUT2D eigenvalue weighted by atomic mass is 9.84. The maximum absolute atomic E-state index is 6.62. The van der Waals surface area contributed by atoms with Gasteiger partial charge in [-0.1, -0.05) is 69.5 Å². The summed E-state index contributed by atoms with van der Waals surface area (Å²) in [5.41, 5.74) is 6.34. The van der Waals surface area contributed by atoms with Crippen molar-refractivity contribution in [2.75, 3.05) is 5.32 Å². The summed E-state index contributed by atoms with van der Waals surface area (Å²) in [4.78, 5) is 4.47. The molecule has 6 rings (SSSR count). The fourth-order valence-corrected chi connectivity index (χ4v) is 4.86. The lowest BCUT2D eigenvalue weighted by molar-refractivity contribution is 0.223. The Hall–Kier alpha value is -3.09. The van der Waals surface area contributed by atoms with E-state index in [1.54, 1.807) is 6.33 Å². The van der Waals surface area contributed by atoms with Crippen molar-refractivity contribution in [2.45, 2.75) is 19.1 Å². The van der Waals surface area contributed by atoms with E-state index in [2.05, 4.69) is 74.7 Å². The van der Waals surface area contributed by atoms with Crippen molar-refractivity contribution in [2.24, 2.45) is 0 Å². The lowest BCUT2D eigenvalue weighted by Gasteiger charge is -2.39. The maximum atomic E-state index is 6.62. The van der Waals surface area contributed by atoms with E-state index < -0.39 is 0 Å². The van der Waals surface area contributed by atoms with Gasteiger partial charge in [-0.2, -0.15) is 10.1 Å². The highest BCUT2D eigenvalue weighted by Gasteiger charge is 2.40. The van der Waals surface area contributed by atoms with E-state index in [4.69, 9.17) is 16.3 Å². The molecular formula is C25H18BrClN4O. The molecule has 4 aromatic rings. The molecule has 0 saturated heterocycles. The number of fused-ring (bicyclic) bond motifs is 3.